The Hall–Kier alpha value is -3.79. The number of ether oxygens (including phenoxy) is 1. The number of benzene rings is 1. The van der Waals surface area contributed by atoms with E-state index in [-0.39, 0.29) is 27.6 Å². The molecule has 0 aliphatic carbocycles. The van der Waals surface area contributed by atoms with Gasteiger partial charge in [-0.3, -0.25) is 24.1 Å². The zero-order chi connectivity index (χ0) is 19.8. The van der Waals surface area contributed by atoms with Crippen LogP contribution in [0.1, 0.15) is 9.67 Å². The van der Waals surface area contributed by atoms with Crippen molar-refractivity contribution >= 4 is 44.5 Å². The van der Waals surface area contributed by atoms with Gasteiger partial charge in [-0.05, 0) is 30.3 Å². The average molecular weight is 396 g/mol. The fourth-order valence-corrected chi connectivity index (χ4v) is 3.69. The molecule has 0 unspecified atom stereocenters. The molecule has 0 aliphatic heterocycles. The van der Waals surface area contributed by atoms with Gasteiger partial charge in [0.1, 0.15) is 10.5 Å². The standard InChI is InChI=1S/C18H12N4O5S/c1-27-13-6-5-10(8-12(13)22(25)26)19-16(23)14-9-11-17(28-14)20-15-4-2-3-7-21(15)18(11)24/h2-9H,1H3,(H,19,23). The summed E-state index contributed by atoms with van der Waals surface area (Å²) in [6.45, 7) is 0. The molecular weight excluding hydrogens is 384 g/mol. The van der Waals surface area contributed by atoms with E-state index in [1.54, 1.807) is 24.4 Å². The first kappa shape index (κ1) is 17.6. The lowest BCUT2D eigenvalue weighted by molar-refractivity contribution is -0.385. The van der Waals surface area contributed by atoms with E-state index in [1.807, 2.05) is 0 Å². The third-order valence-electron chi connectivity index (χ3n) is 4.07. The second-order valence-corrected chi connectivity index (χ2v) is 6.80. The molecule has 0 aliphatic rings. The van der Waals surface area contributed by atoms with Crippen LogP contribution in [0.25, 0.3) is 15.9 Å². The van der Waals surface area contributed by atoms with Gasteiger partial charge in [-0.2, -0.15) is 0 Å². The summed E-state index contributed by atoms with van der Waals surface area (Å²) in [6, 6.07) is 10.8. The summed E-state index contributed by atoms with van der Waals surface area (Å²) in [7, 11) is 1.33. The highest BCUT2D eigenvalue weighted by Crippen LogP contribution is 2.30. The molecule has 1 aromatic carbocycles. The minimum Gasteiger partial charge on any atom is -0.490 e. The maximum atomic E-state index is 12.6. The molecule has 0 saturated heterocycles. The Bertz CT molecular complexity index is 1310. The van der Waals surface area contributed by atoms with Gasteiger partial charge in [0.25, 0.3) is 11.5 Å². The van der Waals surface area contributed by atoms with E-state index in [0.717, 1.165) is 11.3 Å². The second kappa shape index (κ2) is 6.74. The zero-order valence-electron chi connectivity index (χ0n) is 14.4. The first-order valence-corrected chi connectivity index (χ1v) is 8.84. The van der Waals surface area contributed by atoms with Crippen molar-refractivity contribution < 1.29 is 14.5 Å². The summed E-state index contributed by atoms with van der Waals surface area (Å²) in [6.07, 6.45) is 1.61. The highest BCUT2D eigenvalue weighted by atomic mass is 32.1. The number of nitrogens with zero attached hydrogens (tertiary/aromatic N) is 3. The first-order valence-electron chi connectivity index (χ1n) is 8.02. The number of nitro groups is 1. The summed E-state index contributed by atoms with van der Waals surface area (Å²) in [5.74, 6) is -0.398. The number of pyridine rings is 1. The summed E-state index contributed by atoms with van der Waals surface area (Å²) in [5, 5.41) is 14.1. The van der Waals surface area contributed by atoms with Crippen molar-refractivity contribution in [3.8, 4) is 5.75 Å². The van der Waals surface area contributed by atoms with Gasteiger partial charge in [0.05, 0.1) is 22.3 Å². The molecule has 0 bridgehead atoms. The fraction of sp³-hybridized carbons (Fsp3) is 0.0556. The monoisotopic (exact) mass is 396 g/mol. The van der Waals surface area contributed by atoms with E-state index in [9.17, 15) is 19.7 Å². The highest BCUT2D eigenvalue weighted by Gasteiger charge is 2.18. The third kappa shape index (κ3) is 2.95. The van der Waals surface area contributed by atoms with E-state index in [2.05, 4.69) is 10.3 Å². The molecule has 0 fully saturated rings. The van der Waals surface area contributed by atoms with Gasteiger partial charge in [-0.15, -0.1) is 11.3 Å². The van der Waals surface area contributed by atoms with Crippen LogP contribution >= 0.6 is 11.3 Å². The Balaban J connectivity index is 1.71. The lowest BCUT2D eigenvalue weighted by atomic mass is 10.2. The Labute approximate surface area is 161 Å². The summed E-state index contributed by atoms with van der Waals surface area (Å²) in [5.41, 5.74) is 0.197. The molecule has 0 saturated carbocycles. The number of carbonyl (C=O) groups is 1. The van der Waals surface area contributed by atoms with Crippen molar-refractivity contribution in [1.29, 1.82) is 0 Å². The van der Waals surface area contributed by atoms with Gasteiger partial charge >= 0.3 is 5.69 Å². The van der Waals surface area contributed by atoms with E-state index in [1.165, 1.54) is 35.8 Å². The molecule has 1 amide bonds. The molecule has 4 rings (SSSR count). The normalized spacial score (nSPS) is 10.9. The summed E-state index contributed by atoms with van der Waals surface area (Å²) >= 11 is 1.08. The van der Waals surface area contributed by atoms with Crippen LogP contribution in [0.2, 0.25) is 0 Å². The number of hydrogen-bond donors (Lipinski definition) is 1. The number of rotatable bonds is 4. The predicted octanol–water partition coefficient (Wildman–Crippen LogP) is 3.08. The number of amides is 1. The van der Waals surface area contributed by atoms with Crippen LogP contribution in [0.5, 0.6) is 5.75 Å². The number of thiophene rings is 1. The van der Waals surface area contributed by atoms with Crippen LogP contribution < -0.4 is 15.6 Å². The maximum absolute atomic E-state index is 12.6. The number of aromatic nitrogens is 2. The number of anilines is 1. The molecular formula is C18H12N4O5S. The van der Waals surface area contributed by atoms with Crippen LogP contribution in [-0.2, 0) is 0 Å². The molecule has 0 radical (unpaired) electrons. The van der Waals surface area contributed by atoms with Crippen molar-refractivity contribution in [2.24, 2.45) is 0 Å². The molecule has 1 N–H and O–H groups in total. The van der Waals surface area contributed by atoms with Gasteiger partial charge in [0, 0.05) is 18.0 Å². The molecule has 3 aromatic heterocycles. The third-order valence-corrected chi connectivity index (χ3v) is 5.10. The Morgan fingerprint density at radius 1 is 1.29 bits per heavy atom. The molecule has 0 atom stereocenters. The molecule has 10 heteroatoms. The molecule has 28 heavy (non-hydrogen) atoms. The van der Waals surface area contributed by atoms with Gasteiger partial charge < -0.3 is 10.1 Å². The van der Waals surface area contributed by atoms with E-state index >= 15 is 0 Å². The number of methoxy groups -OCH3 is 1. The zero-order valence-corrected chi connectivity index (χ0v) is 15.2. The molecule has 9 nitrogen and oxygen atoms in total. The largest absolute Gasteiger partial charge is 0.490 e. The lowest BCUT2D eigenvalue weighted by Crippen LogP contribution is -2.13. The SMILES string of the molecule is COc1ccc(NC(=O)c2cc3c(=O)n4ccccc4nc3s2)cc1[N+](=O)[O-]. The quantitative estimate of drug-likeness (QED) is 0.419. The average Bonchev–Trinajstić information content (AvgIpc) is 3.12. The van der Waals surface area contributed by atoms with Crippen LogP contribution in [0, 0.1) is 10.1 Å². The number of carbonyl (C=O) groups excluding carboxylic acids is 1. The first-order chi connectivity index (χ1) is 13.5. The van der Waals surface area contributed by atoms with Crippen molar-refractivity contribution in [2.75, 3.05) is 12.4 Å². The fourth-order valence-electron chi connectivity index (χ4n) is 2.76. The lowest BCUT2D eigenvalue weighted by Gasteiger charge is -2.06. The van der Waals surface area contributed by atoms with Crippen molar-refractivity contribution in [1.82, 2.24) is 9.38 Å². The minimum absolute atomic E-state index is 0.0915. The predicted molar refractivity (Wildman–Crippen MR) is 104 cm³/mol. The number of nitro benzene ring substituents is 1. The molecule has 140 valence electrons. The van der Waals surface area contributed by atoms with E-state index < -0.39 is 10.8 Å². The number of hydrogen-bond acceptors (Lipinski definition) is 7. The van der Waals surface area contributed by atoms with Gasteiger partial charge in [0.15, 0.2) is 5.75 Å². The second-order valence-electron chi connectivity index (χ2n) is 5.77. The van der Waals surface area contributed by atoms with E-state index in [4.69, 9.17) is 4.74 Å². The van der Waals surface area contributed by atoms with E-state index in [0.29, 0.717) is 15.9 Å². The highest BCUT2D eigenvalue weighted by molar-refractivity contribution is 7.20. The Morgan fingerprint density at radius 3 is 2.86 bits per heavy atom. The van der Waals surface area contributed by atoms with Crippen LogP contribution in [0.15, 0.2) is 53.5 Å². The van der Waals surface area contributed by atoms with Gasteiger partial charge in [0.2, 0.25) is 0 Å². The summed E-state index contributed by atoms with van der Waals surface area (Å²) < 4.78 is 6.35. The van der Waals surface area contributed by atoms with Crippen molar-refractivity contribution in [3.05, 3.63) is 74.0 Å². The Kier molecular flexibility index (Phi) is 4.24. The number of nitrogens with one attached hydrogen (secondary N) is 1. The van der Waals surface area contributed by atoms with Crippen LogP contribution in [0.3, 0.4) is 0 Å². The van der Waals surface area contributed by atoms with Gasteiger partial charge in [-0.25, -0.2) is 4.98 Å². The topological polar surface area (TPSA) is 116 Å². The number of fused-ring (bicyclic) bond motifs is 2. The molecule has 3 heterocycles. The van der Waals surface area contributed by atoms with Crippen molar-refractivity contribution in [2.45, 2.75) is 0 Å². The Morgan fingerprint density at radius 2 is 2.11 bits per heavy atom. The maximum Gasteiger partial charge on any atom is 0.312 e. The smallest absolute Gasteiger partial charge is 0.312 e. The minimum atomic E-state index is -0.593. The van der Waals surface area contributed by atoms with Crippen LogP contribution in [0.4, 0.5) is 11.4 Å². The summed E-state index contributed by atoms with van der Waals surface area (Å²) in [4.78, 5) is 40.8. The van der Waals surface area contributed by atoms with Gasteiger partial charge in [-0.1, -0.05) is 6.07 Å². The molecule has 0 spiro atoms. The van der Waals surface area contributed by atoms with Crippen molar-refractivity contribution in [3.63, 3.8) is 0 Å². The molecule has 4 aromatic rings. The van der Waals surface area contributed by atoms with Crippen LogP contribution in [-0.4, -0.2) is 27.3 Å².